The summed E-state index contributed by atoms with van der Waals surface area (Å²) in [5.41, 5.74) is 1.20. The Labute approximate surface area is 116 Å². The third kappa shape index (κ3) is 3.95. The van der Waals surface area contributed by atoms with Gasteiger partial charge in [0.15, 0.2) is 0 Å². The number of nitrogens with one attached hydrogen (secondary N) is 1. The first-order valence-electron chi connectivity index (χ1n) is 6.02. The number of rotatable bonds is 5. The molecule has 1 heterocycles. The number of hydrogen-bond acceptors (Lipinski definition) is 4. The van der Waals surface area contributed by atoms with E-state index in [1.54, 1.807) is 7.11 Å². The Kier molecular flexibility index (Phi) is 5.44. The van der Waals surface area contributed by atoms with Gasteiger partial charge in [-0.05, 0) is 17.7 Å². The Morgan fingerprint density at radius 1 is 1.44 bits per heavy atom. The van der Waals surface area contributed by atoms with Gasteiger partial charge in [0.2, 0.25) is 0 Å². The van der Waals surface area contributed by atoms with E-state index in [2.05, 4.69) is 21.2 Å². The van der Waals surface area contributed by atoms with Gasteiger partial charge in [-0.2, -0.15) is 0 Å². The molecule has 18 heavy (non-hydrogen) atoms. The largest absolute Gasteiger partial charge is 0.497 e. The van der Waals surface area contributed by atoms with E-state index < -0.39 is 0 Å². The molecule has 1 aliphatic rings. The van der Waals surface area contributed by atoms with E-state index in [0.717, 1.165) is 23.3 Å². The molecule has 0 aliphatic carbocycles. The van der Waals surface area contributed by atoms with Crippen LogP contribution in [0, 0.1) is 0 Å². The Morgan fingerprint density at radius 3 is 3.00 bits per heavy atom. The minimum atomic E-state index is 0.163. The Hall–Kier alpha value is -0.620. The molecule has 0 aromatic heterocycles. The molecule has 0 spiro atoms. The topological polar surface area (TPSA) is 39.7 Å². The maximum absolute atomic E-state index is 5.56. The zero-order chi connectivity index (χ0) is 12.8. The molecule has 0 amide bonds. The molecule has 1 aromatic carbocycles. The number of halogens is 1. The van der Waals surface area contributed by atoms with Crippen LogP contribution in [0.5, 0.6) is 5.75 Å². The van der Waals surface area contributed by atoms with Gasteiger partial charge in [-0.15, -0.1) is 0 Å². The van der Waals surface area contributed by atoms with E-state index in [4.69, 9.17) is 14.2 Å². The lowest BCUT2D eigenvalue weighted by molar-refractivity contribution is -0.0864. The van der Waals surface area contributed by atoms with Gasteiger partial charge in [0.1, 0.15) is 5.75 Å². The molecule has 100 valence electrons. The van der Waals surface area contributed by atoms with Crippen molar-refractivity contribution >= 4 is 15.9 Å². The molecule has 1 aliphatic heterocycles. The van der Waals surface area contributed by atoms with Crippen molar-refractivity contribution in [3.63, 3.8) is 0 Å². The highest BCUT2D eigenvalue weighted by Gasteiger charge is 2.13. The highest BCUT2D eigenvalue weighted by Crippen LogP contribution is 2.22. The van der Waals surface area contributed by atoms with Gasteiger partial charge in [-0.25, -0.2) is 0 Å². The molecule has 2 rings (SSSR count). The van der Waals surface area contributed by atoms with Gasteiger partial charge in [0, 0.05) is 17.6 Å². The molecule has 0 saturated carbocycles. The summed E-state index contributed by atoms with van der Waals surface area (Å²) in [4.78, 5) is 0. The van der Waals surface area contributed by atoms with Crippen molar-refractivity contribution in [2.75, 3.05) is 33.5 Å². The van der Waals surface area contributed by atoms with Gasteiger partial charge in [-0.1, -0.05) is 22.0 Å². The highest BCUT2D eigenvalue weighted by atomic mass is 79.9. The average Bonchev–Trinajstić information content (AvgIpc) is 2.42. The fourth-order valence-electron chi connectivity index (χ4n) is 1.82. The SMILES string of the molecule is COc1ccc(CNCC2COCCO2)c(Br)c1. The van der Waals surface area contributed by atoms with Crippen LogP contribution in [0.3, 0.4) is 0 Å². The second-order valence-corrected chi connectivity index (χ2v) is 5.01. The molecule has 1 N–H and O–H groups in total. The first kappa shape index (κ1) is 13.8. The monoisotopic (exact) mass is 315 g/mol. The molecule has 1 saturated heterocycles. The average molecular weight is 316 g/mol. The molecule has 1 aromatic rings. The smallest absolute Gasteiger partial charge is 0.120 e. The third-order valence-electron chi connectivity index (χ3n) is 2.83. The van der Waals surface area contributed by atoms with Crippen LogP contribution < -0.4 is 10.1 Å². The van der Waals surface area contributed by atoms with Crippen molar-refractivity contribution in [1.82, 2.24) is 5.32 Å². The number of benzene rings is 1. The maximum Gasteiger partial charge on any atom is 0.120 e. The van der Waals surface area contributed by atoms with E-state index in [0.29, 0.717) is 19.8 Å². The van der Waals surface area contributed by atoms with E-state index >= 15 is 0 Å². The normalized spacial score (nSPS) is 19.8. The van der Waals surface area contributed by atoms with E-state index in [1.807, 2.05) is 18.2 Å². The minimum absolute atomic E-state index is 0.163. The number of hydrogen-bond donors (Lipinski definition) is 1. The fourth-order valence-corrected chi connectivity index (χ4v) is 2.32. The number of ether oxygens (including phenoxy) is 3. The van der Waals surface area contributed by atoms with Gasteiger partial charge < -0.3 is 19.5 Å². The van der Waals surface area contributed by atoms with Gasteiger partial charge in [-0.3, -0.25) is 0 Å². The minimum Gasteiger partial charge on any atom is -0.497 e. The summed E-state index contributed by atoms with van der Waals surface area (Å²) >= 11 is 3.54. The van der Waals surface area contributed by atoms with E-state index in [9.17, 15) is 0 Å². The molecule has 1 unspecified atom stereocenters. The molecule has 5 heteroatoms. The fraction of sp³-hybridized carbons (Fsp3) is 0.538. The lowest BCUT2D eigenvalue weighted by Crippen LogP contribution is -2.37. The van der Waals surface area contributed by atoms with Crippen LogP contribution in [0.15, 0.2) is 22.7 Å². The summed E-state index contributed by atoms with van der Waals surface area (Å²) in [5, 5.41) is 3.37. The predicted molar refractivity (Wildman–Crippen MR) is 73.0 cm³/mol. The summed E-state index contributed by atoms with van der Waals surface area (Å²) in [7, 11) is 1.67. The first-order chi connectivity index (χ1) is 8.79. The molecule has 4 nitrogen and oxygen atoms in total. The van der Waals surface area contributed by atoms with Gasteiger partial charge >= 0.3 is 0 Å². The summed E-state index contributed by atoms with van der Waals surface area (Å²) in [6.45, 7) is 3.68. The first-order valence-corrected chi connectivity index (χ1v) is 6.81. The zero-order valence-electron chi connectivity index (χ0n) is 10.4. The quantitative estimate of drug-likeness (QED) is 0.901. The summed E-state index contributed by atoms with van der Waals surface area (Å²) in [6.07, 6.45) is 0.163. The van der Waals surface area contributed by atoms with E-state index in [1.165, 1.54) is 5.56 Å². The van der Waals surface area contributed by atoms with Crippen LogP contribution >= 0.6 is 15.9 Å². The molecular weight excluding hydrogens is 298 g/mol. The van der Waals surface area contributed by atoms with Crippen LogP contribution in [0.2, 0.25) is 0 Å². The lowest BCUT2D eigenvalue weighted by Gasteiger charge is -2.23. The van der Waals surface area contributed by atoms with Gasteiger partial charge in [0.25, 0.3) is 0 Å². The van der Waals surface area contributed by atoms with E-state index in [-0.39, 0.29) is 6.10 Å². The van der Waals surface area contributed by atoms with Crippen molar-refractivity contribution in [2.24, 2.45) is 0 Å². The maximum atomic E-state index is 5.56. The van der Waals surface area contributed by atoms with Crippen molar-refractivity contribution in [1.29, 1.82) is 0 Å². The number of methoxy groups -OCH3 is 1. The second kappa shape index (κ2) is 7.09. The molecule has 0 radical (unpaired) electrons. The predicted octanol–water partition coefficient (Wildman–Crippen LogP) is 1.96. The van der Waals surface area contributed by atoms with Crippen LogP contribution in [0.25, 0.3) is 0 Å². The van der Waals surface area contributed by atoms with Crippen LogP contribution in [-0.4, -0.2) is 39.6 Å². The van der Waals surface area contributed by atoms with Crippen molar-refractivity contribution in [3.8, 4) is 5.75 Å². The zero-order valence-corrected chi connectivity index (χ0v) is 12.0. The van der Waals surface area contributed by atoms with Crippen molar-refractivity contribution in [3.05, 3.63) is 28.2 Å². The summed E-state index contributed by atoms with van der Waals surface area (Å²) in [5.74, 6) is 0.856. The van der Waals surface area contributed by atoms with Gasteiger partial charge in [0.05, 0.1) is 33.0 Å². The summed E-state index contributed by atoms with van der Waals surface area (Å²) in [6, 6.07) is 5.98. The van der Waals surface area contributed by atoms with Crippen LogP contribution in [0.4, 0.5) is 0 Å². The van der Waals surface area contributed by atoms with Crippen molar-refractivity contribution in [2.45, 2.75) is 12.6 Å². The van der Waals surface area contributed by atoms with Crippen molar-refractivity contribution < 1.29 is 14.2 Å². The third-order valence-corrected chi connectivity index (χ3v) is 3.57. The highest BCUT2D eigenvalue weighted by molar-refractivity contribution is 9.10. The Morgan fingerprint density at radius 2 is 2.33 bits per heavy atom. The van der Waals surface area contributed by atoms with Crippen LogP contribution in [-0.2, 0) is 16.0 Å². The summed E-state index contributed by atoms with van der Waals surface area (Å²) < 4.78 is 17.1. The van der Waals surface area contributed by atoms with Crippen LogP contribution in [0.1, 0.15) is 5.56 Å². The molecular formula is C13H18BrNO3. The lowest BCUT2D eigenvalue weighted by atomic mass is 10.2. The standard InChI is InChI=1S/C13H18BrNO3/c1-16-11-3-2-10(13(14)6-11)7-15-8-12-9-17-4-5-18-12/h2-3,6,12,15H,4-5,7-9H2,1H3. The Balaban J connectivity index is 1.79. The molecule has 1 atom stereocenters. The second-order valence-electron chi connectivity index (χ2n) is 4.16. The molecule has 1 fully saturated rings. The Bertz CT molecular complexity index is 380. The molecule has 0 bridgehead atoms.